The summed E-state index contributed by atoms with van der Waals surface area (Å²) in [7, 11) is 0. The molecule has 122 valence electrons. The van der Waals surface area contributed by atoms with Gasteiger partial charge in [0.15, 0.2) is 0 Å². The third-order valence-electron chi connectivity index (χ3n) is 7.67. The maximum absolute atomic E-state index is 10.8. The van der Waals surface area contributed by atoms with E-state index in [9.17, 15) is 10.2 Å². The zero-order chi connectivity index (χ0) is 15.7. The lowest BCUT2D eigenvalue weighted by Gasteiger charge is -2.55. The molecule has 0 spiro atoms. The van der Waals surface area contributed by atoms with E-state index in [2.05, 4.69) is 26.0 Å². The van der Waals surface area contributed by atoms with Crippen LogP contribution in [-0.2, 0) is 0 Å². The second-order valence-corrected chi connectivity index (χ2v) is 8.67. The average Bonchev–Trinajstić information content (AvgIpc) is 2.77. The number of aliphatic hydroxyl groups excluding tert-OH is 2. The Morgan fingerprint density at radius 3 is 2.73 bits per heavy atom. The highest BCUT2D eigenvalue weighted by Gasteiger charge is 2.58. The monoisotopic (exact) mass is 303 g/mol. The quantitative estimate of drug-likeness (QED) is 0.602. The van der Waals surface area contributed by atoms with Crippen LogP contribution in [0.5, 0.6) is 0 Å². The van der Waals surface area contributed by atoms with Crippen LogP contribution in [0.4, 0.5) is 0 Å². The molecular formula is C19H29NO2. The lowest BCUT2D eigenvalue weighted by molar-refractivity contribution is -0.00986. The molecule has 0 aromatic heterocycles. The zero-order valence-electron chi connectivity index (χ0n) is 13.8. The number of aliphatic hydroxyl groups is 2. The van der Waals surface area contributed by atoms with Crippen molar-refractivity contribution in [1.29, 1.82) is 0 Å². The minimum absolute atomic E-state index is 0.0300. The Labute approximate surface area is 133 Å². The molecule has 3 heteroatoms. The predicted octanol–water partition coefficient (Wildman–Crippen LogP) is 3.30. The van der Waals surface area contributed by atoms with Crippen molar-refractivity contribution in [3.05, 3.63) is 23.5 Å². The largest absolute Gasteiger partial charge is 0.512 e. The van der Waals surface area contributed by atoms with Gasteiger partial charge in [-0.05, 0) is 60.8 Å². The molecule has 7 atom stereocenters. The number of allylic oxidation sites excluding steroid dienone is 3. The van der Waals surface area contributed by atoms with Crippen LogP contribution in [0, 0.1) is 28.6 Å². The van der Waals surface area contributed by atoms with Crippen molar-refractivity contribution in [1.82, 2.24) is 0 Å². The Balaban J connectivity index is 1.78. The fourth-order valence-electron chi connectivity index (χ4n) is 6.15. The summed E-state index contributed by atoms with van der Waals surface area (Å²) in [5.74, 6) is 1.87. The molecule has 0 aromatic carbocycles. The van der Waals surface area contributed by atoms with Gasteiger partial charge in [-0.25, -0.2) is 0 Å². The molecule has 0 radical (unpaired) electrons. The first-order valence-corrected chi connectivity index (χ1v) is 8.91. The van der Waals surface area contributed by atoms with Gasteiger partial charge in [0, 0.05) is 17.9 Å². The molecule has 0 heterocycles. The average molecular weight is 303 g/mol. The molecule has 4 aliphatic carbocycles. The zero-order valence-corrected chi connectivity index (χ0v) is 13.8. The van der Waals surface area contributed by atoms with Crippen molar-refractivity contribution >= 4 is 0 Å². The Kier molecular flexibility index (Phi) is 3.09. The van der Waals surface area contributed by atoms with Crippen molar-refractivity contribution in [3.63, 3.8) is 0 Å². The summed E-state index contributed by atoms with van der Waals surface area (Å²) in [6.45, 7) is 4.60. The van der Waals surface area contributed by atoms with Gasteiger partial charge in [-0.1, -0.05) is 26.0 Å². The molecule has 4 aliphatic rings. The van der Waals surface area contributed by atoms with E-state index in [1.807, 2.05) is 0 Å². The van der Waals surface area contributed by atoms with Crippen LogP contribution in [0.1, 0.15) is 52.4 Å². The molecule has 2 saturated carbocycles. The Bertz CT molecular complexity index is 554. The van der Waals surface area contributed by atoms with Crippen LogP contribution in [0.15, 0.2) is 23.5 Å². The maximum Gasteiger partial charge on any atom is 0.0923 e. The van der Waals surface area contributed by atoms with E-state index in [-0.39, 0.29) is 23.0 Å². The van der Waals surface area contributed by atoms with Crippen molar-refractivity contribution in [2.24, 2.45) is 34.3 Å². The number of rotatable bonds is 0. The minimum atomic E-state index is -0.209. The first-order chi connectivity index (χ1) is 10.4. The van der Waals surface area contributed by atoms with E-state index in [1.54, 1.807) is 0 Å². The predicted molar refractivity (Wildman–Crippen MR) is 87.2 cm³/mol. The molecule has 4 rings (SSSR count). The lowest BCUT2D eigenvalue weighted by Crippen LogP contribution is -2.50. The second kappa shape index (κ2) is 4.61. The third kappa shape index (κ3) is 1.75. The molecular weight excluding hydrogens is 274 g/mol. The fraction of sp³-hybridized carbons (Fsp3) is 0.789. The summed E-state index contributed by atoms with van der Waals surface area (Å²) in [4.78, 5) is 0. The summed E-state index contributed by atoms with van der Waals surface area (Å²) >= 11 is 0. The maximum atomic E-state index is 10.8. The van der Waals surface area contributed by atoms with Crippen molar-refractivity contribution in [2.75, 3.05) is 0 Å². The Hall–Kier alpha value is -0.800. The smallest absolute Gasteiger partial charge is 0.0923 e. The van der Waals surface area contributed by atoms with E-state index in [1.165, 1.54) is 5.57 Å². The molecule has 3 nitrogen and oxygen atoms in total. The SMILES string of the molecule is C[C@]12C=CC(N)C[C@H]1CC(O)=C1[C@@H]2CC[C@]2(C)[C@@H](O)CC[C@@H]12. The Morgan fingerprint density at radius 1 is 1.18 bits per heavy atom. The highest BCUT2D eigenvalue weighted by molar-refractivity contribution is 5.33. The highest BCUT2D eigenvalue weighted by Crippen LogP contribution is 2.64. The van der Waals surface area contributed by atoms with Gasteiger partial charge in [0.05, 0.1) is 11.9 Å². The minimum Gasteiger partial charge on any atom is -0.512 e. The topological polar surface area (TPSA) is 66.5 Å². The van der Waals surface area contributed by atoms with Gasteiger partial charge in [0.25, 0.3) is 0 Å². The summed E-state index contributed by atoms with van der Waals surface area (Å²) in [5, 5.41) is 21.3. The van der Waals surface area contributed by atoms with E-state index in [0.29, 0.717) is 23.5 Å². The number of fused-ring (bicyclic) bond motifs is 5. The van der Waals surface area contributed by atoms with Crippen LogP contribution in [0.25, 0.3) is 0 Å². The van der Waals surface area contributed by atoms with Gasteiger partial charge >= 0.3 is 0 Å². The van der Waals surface area contributed by atoms with E-state index >= 15 is 0 Å². The molecule has 0 saturated heterocycles. The van der Waals surface area contributed by atoms with Crippen LogP contribution < -0.4 is 5.73 Å². The Morgan fingerprint density at radius 2 is 1.95 bits per heavy atom. The van der Waals surface area contributed by atoms with Crippen molar-refractivity contribution < 1.29 is 10.2 Å². The summed E-state index contributed by atoms with van der Waals surface area (Å²) in [6, 6.07) is 0.134. The second-order valence-electron chi connectivity index (χ2n) is 8.67. The van der Waals surface area contributed by atoms with E-state index in [0.717, 1.165) is 38.5 Å². The van der Waals surface area contributed by atoms with Crippen LogP contribution in [0.2, 0.25) is 0 Å². The molecule has 22 heavy (non-hydrogen) atoms. The van der Waals surface area contributed by atoms with Gasteiger partial charge in [0.1, 0.15) is 0 Å². The van der Waals surface area contributed by atoms with Crippen molar-refractivity contribution in [3.8, 4) is 0 Å². The van der Waals surface area contributed by atoms with Gasteiger partial charge < -0.3 is 15.9 Å². The highest BCUT2D eigenvalue weighted by atomic mass is 16.3. The first kappa shape index (κ1) is 14.8. The van der Waals surface area contributed by atoms with Crippen LogP contribution in [0.3, 0.4) is 0 Å². The molecule has 0 aromatic rings. The summed E-state index contributed by atoms with van der Waals surface area (Å²) in [6.07, 6.45) is 10.1. The van der Waals surface area contributed by atoms with Crippen LogP contribution >= 0.6 is 0 Å². The standard InChI is InChI=1S/C19H29NO2/c1-18-7-5-12(20)9-11(18)10-15(21)17-13-3-4-16(22)19(13,2)8-6-14(17)18/h5,7,11-14,16,21-22H,3-4,6,8-10,20H2,1-2H3/t11-,12?,13-,14-,16-,18-,19-/m0/s1. The number of hydrogen-bond donors (Lipinski definition) is 3. The number of hydrogen-bond acceptors (Lipinski definition) is 3. The van der Waals surface area contributed by atoms with E-state index < -0.39 is 0 Å². The van der Waals surface area contributed by atoms with Crippen molar-refractivity contribution in [2.45, 2.75) is 64.5 Å². The molecule has 1 unspecified atom stereocenters. The molecule has 0 bridgehead atoms. The van der Waals surface area contributed by atoms with Gasteiger partial charge in [-0.3, -0.25) is 0 Å². The third-order valence-corrected chi connectivity index (χ3v) is 7.67. The first-order valence-electron chi connectivity index (χ1n) is 8.91. The molecule has 2 fully saturated rings. The van der Waals surface area contributed by atoms with Gasteiger partial charge in [0.2, 0.25) is 0 Å². The van der Waals surface area contributed by atoms with Gasteiger partial charge in [-0.2, -0.15) is 0 Å². The molecule has 4 N–H and O–H groups in total. The van der Waals surface area contributed by atoms with Crippen LogP contribution in [-0.4, -0.2) is 22.4 Å². The summed E-state index contributed by atoms with van der Waals surface area (Å²) in [5.41, 5.74) is 7.50. The summed E-state index contributed by atoms with van der Waals surface area (Å²) < 4.78 is 0. The number of nitrogens with two attached hydrogens (primary N) is 1. The van der Waals surface area contributed by atoms with E-state index in [4.69, 9.17) is 5.73 Å². The fourth-order valence-corrected chi connectivity index (χ4v) is 6.15. The lowest BCUT2D eigenvalue weighted by atomic mass is 9.49. The normalized spacial score (nSPS) is 53.9. The molecule has 0 aliphatic heterocycles. The van der Waals surface area contributed by atoms with Gasteiger partial charge in [-0.15, -0.1) is 0 Å². The molecule has 0 amide bonds.